The molecule has 0 aromatic heterocycles. The van der Waals surface area contributed by atoms with E-state index >= 15 is 0 Å². The molecule has 4 atom stereocenters. The van der Waals surface area contributed by atoms with Crippen molar-refractivity contribution < 1.29 is 36.7 Å². The smallest absolute Gasteiger partial charge is 0.453 e. The van der Waals surface area contributed by atoms with Gasteiger partial charge in [0.05, 0.1) is 41.1 Å². The summed E-state index contributed by atoms with van der Waals surface area (Å²) in [5.74, 6) is 0.825. The Morgan fingerprint density at radius 2 is 1.61 bits per heavy atom. The Balaban J connectivity index is 1.41. The minimum Gasteiger partial charge on any atom is -0.453 e. The molecule has 1 fully saturated rings. The molecule has 38 heavy (non-hydrogen) atoms. The molecular formula is C26H24F3N3O5S. The quantitative estimate of drug-likeness (QED) is 0.351. The molecular weight excluding hydrogens is 523 g/mol. The maximum Gasteiger partial charge on any atom is 0.573 e. The maximum absolute atomic E-state index is 13.5. The lowest BCUT2D eigenvalue weighted by Gasteiger charge is -2.43. The molecule has 12 heteroatoms. The summed E-state index contributed by atoms with van der Waals surface area (Å²) in [7, 11) is -1.91. The van der Waals surface area contributed by atoms with Gasteiger partial charge in [-0.1, -0.05) is 24.3 Å². The fourth-order valence-electron chi connectivity index (χ4n) is 4.42. The fraction of sp³-hybridized carbons (Fsp3) is 0.269. The second kappa shape index (κ2) is 10.3. The van der Waals surface area contributed by atoms with E-state index in [1.807, 2.05) is 53.4 Å². The van der Waals surface area contributed by atoms with Crippen molar-refractivity contribution in [1.29, 1.82) is 0 Å². The Hall–Kier alpha value is -3.61. The Labute approximate surface area is 217 Å². The number of aliphatic imine (C=N–C) groups is 1. The zero-order valence-electron chi connectivity index (χ0n) is 20.1. The van der Waals surface area contributed by atoms with Crippen LogP contribution in [0.3, 0.4) is 0 Å². The summed E-state index contributed by atoms with van der Waals surface area (Å²) in [6.45, 7) is 0.295. The average molecular weight is 548 g/mol. The topological polar surface area (TPSA) is 93.0 Å². The third kappa shape index (κ3) is 5.19. The van der Waals surface area contributed by atoms with Gasteiger partial charge in [-0.05, 0) is 48.5 Å². The summed E-state index contributed by atoms with van der Waals surface area (Å²) in [4.78, 5) is 6.49. The molecule has 5 rings (SSSR count). The van der Waals surface area contributed by atoms with E-state index in [0.29, 0.717) is 11.5 Å². The van der Waals surface area contributed by atoms with Crippen LogP contribution in [0.15, 0.2) is 87.0 Å². The van der Waals surface area contributed by atoms with Crippen LogP contribution < -0.4 is 14.4 Å². The van der Waals surface area contributed by atoms with Gasteiger partial charge in [-0.3, -0.25) is 4.99 Å². The third-order valence-corrected chi connectivity index (χ3v) is 8.13. The van der Waals surface area contributed by atoms with Crippen LogP contribution in [0.1, 0.15) is 0 Å². The van der Waals surface area contributed by atoms with Crippen LogP contribution in [0.2, 0.25) is 0 Å². The lowest BCUT2D eigenvalue weighted by Crippen LogP contribution is -2.54. The normalized spacial score (nSPS) is 22.7. The number of hydrogen-bond acceptors (Lipinski definition) is 8. The van der Waals surface area contributed by atoms with Crippen LogP contribution >= 0.6 is 0 Å². The number of alkyl halides is 3. The number of ether oxygens (including phenoxy) is 3. The molecule has 0 amide bonds. The van der Waals surface area contributed by atoms with Gasteiger partial charge in [0.2, 0.25) is 0 Å². The van der Waals surface area contributed by atoms with Crippen molar-refractivity contribution in [2.45, 2.75) is 29.4 Å². The molecule has 2 heterocycles. The zero-order valence-corrected chi connectivity index (χ0v) is 20.9. The van der Waals surface area contributed by atoms with Crippen molar-refractivity contribution in [1.82, 2.24) is 0 Å². The number of aliphatic hydroxyl groups excluding tert-OH is 1. The SMILES string of the molecule is CN=S(=O)(C=N[C@@H]1COC[C@@H](N2c3ccccc3Oc3ccccc32)[C@H]1O)c1ccc(OC(F)(F)F)cc1. The van der Waals surface area contributed by atoms with Gasteiger partial charge in [-0.15, -0.1) is 13.2 Å². The summed E-state index contributed by atoms with van der Waals surface area (Å²) in [6, 6.07) is 18.2. The predicted molar refractivity (Wildman–Crippen MR) is 136 cm³/mol. The molecule has 0 radical (unpaired) electrons. The molecule has 8 nitrogen and oxygen atoms in total. The molecule has 0 aliphatic carbocycles. The van der Waals surface area contributed by atoms with Gasteiger partial charge in [-0.25, -0.2) is 8.57 Å². The molecule has 2 aliphatic rings. The maximum atomic E-state index is 13.5. The average Bonchev–Trinajstić information content (AvgIpc) is 2.91. The number of rotatable bonds is 5. The number of fused-ring (bicyclic) bond motifs is 2. The lowest BCUT2D eigenvalue weighted by atomic mass is 9.98. The minimum absolute atomic E-state index is 0.0827. The van der Waals surface area contributed by atoms with Crippen LogP contribution in [0, 0.1) is 0 Å². The Morgan fingerprint density at radius 1 is 1.00 bits per heavy atom. The van der Waals surface area contributed by atoms with Gasteiger partial charge >= 0.3 is 6.36 Å². The first-order chi connectivity index (χ1) is 18.2. The van der Waals surface area contributed by atoms with E-state index in [9.17, 15) is 22.5 Å². The van der Waals surface area contributed by atoms with E-state index in [-0.39, 0.29) is 18.1 Å². The number of para-hydroxylation sites is 4. The van der Waals surface area contributed by atoms with Crippen molar-refractivity contribution in [2.75, 3.05) is 25.2 Å². The first-order valence-electron chi connectivity index (χ1n) is 11.6. The Kier molecular flexibility index (Phi) is 7.03. The monoisotopic (exact) mass is 547 g/mol. The van der Waals surface area contributed by atoms with E-state index in [1.165, 1.54) is 19.2 Å². The summed E-state index contributed by atoms with van der Waals surface area (Å²) >= 11 is 0. The third-order valence-electron chi connectivity index (χ3n) is 6.23. The number of halogens is 3. The summed E-state index contributed by atoms with van der Waals surface area (Å²) < 4.78 is 70.6. The molecule has 1 saturated heterocycles. The molecule has 3 aromatic carbocycles. The summed E-state index contributed by atoms with van der Waals surface area (Å²) in [5, 5.41) is 11.4. The van der Waals surface area contributed by atoms with Crippen molar-refractivity contribution in [3.8, 4) is 17.2 Å². The minimum atomic E-state index is -4.84. The molecule has 0 spiro atoms. The van der Waals surface area contributed by atoms with Crippen molar-refractivity contribution >= 4 is 26.7 Å². The zero-order chi connectivity index (χ0) is 26.9. The van der Waals surface area contributed by atoms with Gasteiger partial charge in [-0.2, -0.15) is 0 Å². The van der Waals surface area contributed by atoms with E-state index in [4.69, 9.17) is 9.47 Å². The van der Waals surface area contributed by atoms with Crippen molar-refractivity contribution in [3.63, 3.8) is 0 Å². The van der Waals surface area contributed by atoms with Gasteiger partial charge in [0.1, 0.15) is 27.6 Å². The highest BCUT2D eigenvalue weighted by molar-refractivity contribution is 8.06. The number of aliphatic hydroxyl groups is 1. The van der Waals surface area contributed by atoms with Crippen LogP contribution in [-0.4, -0.2) is 59.7 Å². The lowest BCUT2D eigenvalue weighted by molar-refractivity contribution is -0.274. The van der Waals surface area contributed by atoms with Crippen LogP contribution in [0.25, 0.3) is 0 Å². The van der Waals surface area contributed by atoms with E-state index in [2.05, 4.69) is 14.1 Å². The molecule has 200 valence electrons. The van der Waals surface area contributed by atoms with Gasteiger partial charge in [0.25, 0.3) is 0 Å². The molecule has 2 aliphatic heterocycles. The number of benzene rings is 3. The van der Waals surface area contributed by atoms with Gasteiger partial charge in [0.15, 0.2) is 11.5 Å². The van der Waals surface area contributed by atoms with E-state index in [0.717, 1.165) is 29.1 Å². The summed E-state index contributed by atoms with van der Waals surface area (Å²) in [5.41, 5.74) is 2.65. The molecule has 1 N–H and O–H groups in total. The number of hydrogen-bond donors (Lipinski definition) is 1. The predicted octanol–water partition coefficient (Wildman–Crippen LogP) is 5.14. The Bertz CT molecular complexity index is 1410. The number of nitrogens with zero attached hydrogens (tertiary/aromatic N) is 3. The second-order valence-corrected chi connectivity index (χ2v) is 10.8. The Morgan fingerprint density at radius 3 is 2.18 bits per heavy atom. The highest BCUT2D eigenvalue weighted by atomic mass is 32.2. The standard InChI is InChI=1S/C26H24F3N3O5S/c1-30-38(34,18-12-10-17(11-13-18)37-26(27,28)29)16-31-19-14-35-15-22(25(19)33)32-20-6-2-4-8-23(20)36-24-9-5-3-7-21(24)32/h2-13,16,19,22,25,33H,14-15H2,1H3/t19-,22-,25+,38?/m1/s1. The van der Waals surface area contributed by atoms with Crippen molar-refractivity contribution in [3.05, 3.63) is 72.8 Å². The molecule has 0 saturated carbocycles. The van der Waals surface area contributed by atoms with Crippen LogP contribution in [0.4, 0.5) is 24.5 Å². The summed E-state index contributed by atoms with van der Waals surface area (Å²) in [6.07, 6.45) is -5.85. The van der Waals surface area contributed by atoms with E-state index in [1.54, 1.807) is 0 Å². The van der Waals surface area contributed by atoms with Crippen molar-refractivity contribution in [2.24, 2.45) is 9.36 Å². The van der Waals surface area contributed by atoms with Crippen LogP contribution in [-0.2, 0) is 14.5 Å². The molecule has 0 bridgehead atoms. The molecule has 1 unspecified atom stereocenters. The van der Waals surface area contributed by atoms with Gasteiger partial charge < -0.3 is 24.2 Å². The number of anilines is 2. The highest BCUT2D eigenvalue weighted by Gasteiger charge is 2.40. The highest BCUT2D eigenvalue weighted by Crippen LogP contribution is 2.48. The first-order valence-corrected chi connectivity index (χ1v) is 13.2. The first kappa shape index (κ1) is 26.0. The largest absolute Gasteiger partial charge is 0.573 e. The van der Waals surface area contributed by atoms with Gasteiger partial charge in [0, 0.05) is 7.05 Å². The fourth-order valence-corrected chi connectivity index (χ4v) is 5.70. The van der Waals surface area contributed by atoms with Crippen LogP contribution in [0.5, 0.6) is 17.2 Å². The second-order valence-electron chi connectivity index (χ2n) is 8.60. The molecule has 3 aromatic rings. The van der Waals surface area contributed by atoms with E-state index < -0.39 is 40.0 Å².